The van der Waals surface area contributed by atoms with E-state index in [2.05, 4.69) is 34.1 Å². The van der Waals surface area contributed by atoms with Crippen molar-refractivity contribution in [3.63, 3.8) is 0 Å². The highest BCUT2D eigenvalue weighted by Crippen LogP contribution is 2.42. The maximum absolute atomic E-state index is 11.8. The summed E-state index contributed by atoms with van der Waals surface area (Å²) < 4.78 is 5.50. The molecule has 1 aromatic heterocycles. The van der Waals surface area contributed by atoms with E-state index in [1.807, 2.05) is 18.2 Å². The van der Waals surface area contributed by atoms with E-state index in [0.717, 1.165) is 30.8 Å². The van der Waals surface area contributed by atoms with Gasteiger partial charge in [0.15, 0.2) is 0 Å². The van der Waals surface area contributed by atoms with Crippen molar-refractivity contribution in [2.24, 2.45) is 11.3 Å². The van der Waals surface area contributed by atoms with Gasteiger partial charge in [0.05, 0.1) is 12.3 Å². The van der Waals surface area contributed by atoms with E-state index in [0.29, 0.717) is 19.8 Å². The molecule has 1 aromatic carbocycles. The van der Waals surface area contributed by atoms with Crippen LogP contribution in [0, 0.1) is 11.3 Å². The maximum Gasteiger partial charge on any atom is 0.313 e. The summed E-state index contributed by atoms with van der Waals surface area (Å²) in [6.07, 6.45) is 2.63. The quantitative estimate of drug-likeness (QED) is 0.929. The number of fused-ring (bicyclic) bond motifs is 1. The van der Waals surface area contributed by atoms with E-state index in [1.165, 1.54) is 5.56 Å². The van der Waals surface area contributed by atoms with Gasteiger partial charge in [-0.15, -0.1) is 0 Å². The van der Waals surface area contributed by atoms with E-state index >= 15 is 0 Å². The normalized spacial score (nSPS) is 26.3. The predicted molar refractivity (Wildman–Crippen MR) is 93.9 cm³/mol. The fraction of sp³-hybridized carbons (Fsp3) is 0.400. The third-order valence-electron chi connectivity index (χ3n) is 5.48. The molecule has 5 heteroatoms. The van der Waals surface area contributed by atoms with E-state index in [-0.39, 0.29) is 5.92 Å². The van der Waals surface area contributed by atoms with Crippen LogP contribution in [0.15, 0.2) is 48.7 Å². The van der Waals surface area contributed by atoms with Gasteiger partial charge in [-0.3, -0.25) is 14.7 Å². The number of carbonyl (C=O) groups is 1. The van der Waals surface area contributed by atoms with Crippen LogP contribution >= 0.6 is 0 Å². The van der Waals surface area contributed by atoms with E-state index in [1.54, 1.807) is 6.20 Å². The van der Waals surface area contributed by atoms with Crippen molar-refractivity contribution in [1.29, 1.82) is 0 Å². The van der Waals surface area contributed by atoms with Crippen molar-refractivity contribution >= 4 is 5.97 Å². The van der Waals surface area contributed by atoms with E-state index < -0.39 is 11.4 Å². The Balaban J connectivity index is 1.47. The Morgan fingerprint density at radius 1 is 1.28 bits per heavy atom. The number of hydrogen-bond acceptors (Lipinski definition) is 4. The van der Waals surface area contributed by atoms with Gasteiger partial charge in [-0.25, -0.2) is 0 Å². The van der Waals surface area contributed by atoms with Crippen LogP contribution in [0.4, 0.5) is 0 Å². The summed E-state index contributed by atoms with van der Waals surface area (Å²) in [5.74, 6) is -0.531. The lowest BCUT2D eigenvalue weighted by atomic mass is 9.76. The van der Waals surface area contributed by atoms with Crippen LogP contribution in [0.25, 0.3) is 11.3 Å². The molecular weight excluding hydrogens is 316 g/mol. The van der Waals surface area contributed by atoms with Gasteiger partial charge in [0.1, 0.15) is 5.41 Å². The van der Waals surface area contributed by atoms with Crippen LogP contribution < -0.4 is 0 Å². The molecule has 2 aliphatic rings. The zero-order valence-electron chi connectivity index (χ0n) is 14.1. The van der Waals surface area contributed by atoms with Crippen LogP contribution in [0.1, 0.15) is 12.0 Å². The van der Waals surface area contributed by atoms with Crippen molar-refractivity contribution in [3.8, 4) is 11.3 Å². The first kappa shape index (κ1) is 16.2. The molecule has 0 amide bonds. The average molecular weight is 338 g/mol. The molecule has 5 nitrogen and oxygen atoms in total. The smallest absolute Gasteiger partial charge is 0.313 e. The molecule has 1 N–H and O–H groups in total. The SMILES string of the molecule is O=C(O)[C@]12COCC[C@H]1CN(Cc1ccc(-c3ccccn3)cc1)C2. The summed E-state index contributed by atoms with van der Waals surface area (Å²) in [5, 5.41) is 9.73. The van der Waals surface area contributed by atoms with E-state index in [9.17, 15) is 9.90 Å². The minimum absolute atomic E-state index is 0.187. The molecule has 0 aliphatic carbocycles. The molecule has 0 unspecified atom stereocenters. The minimum Gasteiger partial charge on any atom is -0.481 e. The third kappa shape index (κ3) is 3.05. The summed E-state index contributed by atoms with van der Waals surface area (Å²) in [6, 6.07) is 14.3. The van der Waals surface area contributed by atoms with Gasteiger partial charge in [0.25, 0.3) is 0 Å². The van der Waals surface area contributed by atoms with Crippen molar-refractivity contribution < 1.29 is 14.6 Å². The second-order valence-corrected chi connectivity index (χ2v) is 7.08. The Morgan fingerprint density at radius 3 is 2.80 bits per heavy atom. The largest absolute Gasteiger partial charge is 0.481 e. The number of hydrogen-bond donors (Lipinski definition) is 1. The molecule has 2 saturated heterocycles. The second-order valence-electron chi connectivity index (χ2n) is 7.08. The van der Waals surface area contributed by atoms with Gasteiger partial charge in [-0.2, -0.15) is 0 Å². The van der Waals surface area contributed by atoms with Gasteiger partial charge in [0, 0.05) is 38.0 Å². The molecule has 2 fully saturated rings. The molecule has 0 saturated carbocycles. The Kier molecular flexibility index (Phi) is 4.27. The van der Waals surface area contributed by atoms with Gasteiger partial charge in [-0.05, 0) is 30.0 Å². The highest BCUT2D eigenvalue weighted by Gasteiger charge is 2.53. The third-order valence-corrected chi connectivity index (χ3v) is 5.48. The lowest BCUT2D eigenvalue weighted by Gasteiger charge is -2.34. The Hall–Kier alpha value is -2.24. The predicted octanol–water partition coefficient (Wildman–Crippen LogP) is 2.67. The molecule has 3 heterocycles. The number of ether oxygens (including phenoxy) is 1. The molecule has 25 heavy (non-hydrogen) atoms. The van der Waals surface area contributed by atoms with Crippen molar-refractivity contribution in [2.45, 2.75) is 13.0 Å². The molecule has 2 aromatic rings. The number of nitrogens with zero attached hydrogens (tertiary/aromatic N) is 2. The molecule has 2 aliphatic heterocycles. The summed E-state index contributed by atoms with van der Waals surface area (Å²) in [7, 11) is 0. The molecule has 0 radical (unpaired) electrons. The molecular formula is C20H22N2O3. The number of rotatable bonds is 4. The summed E-state index contributed by atoms with van der Waals surface area (Å²) in [6.45, 7) is 3.18. The number of carboxylic acids is 1. The monoisotopic (exact) mass is 338 g/mol. The number of aliphatic carboxylic acids is 1. The van der Waals surface area contributed by atoms with Gasteiger partial charge in [-0.1, -0.05) is 30.3 Å². The number of pyridine rings is 1. The van der Waals surface area contributed by atoms with E-state index in [4.69, 9.17) is 4.74 Å². The summed E-state index contributed by atoms with van der Waals surface area (Å²) in [4.78, 5) is 18.5. The second kappa shape index (κ2) is 6.58. The summed E-state index contributed by atoms with van der Waals surface area (Å²) >= 11 is 0. The van der Waals surface area contributed by atoms with Crippen LogP contribution in [-0.4, -0.2) is 47.3 Å². The molecule has 130 valence electrons. The lowest BCUT2D eigenvalue weighted by Crippen LogP contribution is -2.46. The van der Waals surface area contributed by atoms with Gasteiger partial charge < -0.3 is 9.84 Å². The summed E-state index contributed by atoms with van der Waals surface area (Å²) in [5.41, 5.74) is 2.52. The van der Waals surface area contributed by atoms with Gasteiger partial charge >= 0.3 is 5.97 Å². The Bertz CT molecular complexity index is 747. The Labute approximate surface area is 147 Å². The van der Waals surface area contributed by atoms with Crippen molar-refractivity contribution in [2.75, 3.05) is 26.3 Å². The Morgan fingerprint density at radius 2 is 2.12 bits per heavy atom. The maximum atomic E-state index is 11.8. The first-order valence-electron chi connectivity index (χ1n) is 8.71. The number of aromatic nitrogens is 1. The van der Waals surface area contributed by atoms with Crippen molar-refractivity contribution in [1.82, 2.24) is 9.88 Å². The van der Waals surface area contributed by atoms with Crippen LogP contribution in [0.3, 0.4) is 0 Å². The first-order chi connectivity index (χ1) is 12.2. The minimum atomic E-state index is -0.730. The van der Waals surface area contributed by atoms with Crippen LogP contribution in [-0.2, 0) is 16.1 Å². The molecule has 2 atom stereocenters. The lowest BCUT2D eigenvalue weighted by molar-refractivity contribution is -0.159. The molecule has 4 rings (SSSR count). The fourth-order valence-corrected chi connectivity index (χ4v) is 4.09. The average Bonchev–Trinajstić information content (AvgIpc) is 3.02. The highest BCUT2D eigenvalue weighted by atomic mass is 16.5. The number of carboxylic acid groups (broad SMARTS) is 1. The zero-order chi connectivity index (χ0) is 17.3. The number of benzene rings is 1. The first-order valence-corrected chi connectivity index (χ1v) is 8.71. The van der Waals surface area contributed by atoms with Crippen LogP contribution in [0.2, 0.25) is 0 Å². The highest BCUT2D eigenvalue weighted by molar-refractivity contribution is 5.76. The van der Waals surface area contributed by atoms with Gasteiger partial charge in [0.2, 0.25) is 0 Å². The molecule has 0 spiro atoms. The molecule has 0 bridgehead atoms. The van der Waals surface area contributed by atoms with Crippen LogP contribution in [0.5, 0.6) is 0 Å². The zero-order valence-corrected chi connectivity index (χ0v) is 14.1. The number of likely N-dealkylation sites (tertiary alicyclic amines) is 1. The fourth-order valence-electron chi connectivity index (χ4n) is 4.09. The van der Waals surface area contributed by atoms with Crippen molar-refractivity contribution in [3.05, 3.63) is 54.2 Å². The standard InChI is InChI=1S/C20H22N2O3/c23-19(24)20-13-22(12-17(20)8-10-25-14-20)11-15-4-6-16(7-5-15)18-3-1-2-9-21-18/h1-7,9,17H,8,10-14H2,(H,23,24)/t17-,20+/m0/s1. The topological polar surface area (TPSA) is 62.7 Å².